The minimum Gasteiger partial charge on any atom is -0.687 e. The molecule has 0 aromatic heterocycles. The predicted octanol–water partition coefficient (Wildman–Crippen LogP) is -13.5. The fourth-order valence-corrected chi connectivity index (χ4v) is 4.11. The van der Waals surface area contributed by atoms with E-state index in [0.717, 1.165) is 0 Å². The van der Waals surface area contributed by atoms with Crippen LogP contribution in [0.2, 0.25) is 0 Å². The molecule has 0 amide bonds. The van der Waals surface area contributed by atoms with Crippen LogP contribution in [0.15, 0.2) is 0 Å². The zero-order valence-electron chi connectivity index (χ0n) is 22.3. The molecule has 34 radical (unpaired) electrons. The first-order valence-electron chi connectivity index (χ1n) is 10.6. The van der Waals surface area contributed by atoms with E-state index in [1.165, 1.54) is 14.1 Å². The molecule has 0 aromatic rings. The van der Waals surface area contributed by atoms with E-state index >= 15 is 0 Å². The molecular formula is C3H11B29IKN2S. The van der Waals surface area contributed by atoms with Crippen LogP contribution in [0.1, 0.15) is 0 Å². The predicted molar refractivity (Wildman–Crippen MR) is 215 cm³/mol. The average Bonchev–Trinajstić information content (AvgIpc) is 2.72. The molecule has 0 saturated carbocycles. The Morgan fingerprint density at radius 3 is 0.811 bits per heavy atom. The molecule has 0 aliphatic rings. The Kier molecular flexibility index (Phi) is 46.1. The van der Waals surface area contributed by atoms with E-state index in [9.17, 15) is 0 Å². The van der Waals surface area contributed by atoms with Crippen LogP contribution in [0.3, 0.4) is 0 Å². The molecule has 0 fully saturated rings. The topological polar surface area (TPSA) is 52.0 Å². The zero-order valence-corrected chi connectivity index (χ0v) is 28.4. The summed E-state index contributed by atoms with van der Waals surface area (Å²) in [5.74, 6) is 0. The monoisotopic (exact) mass is 592 g/mol. The number of nitrogens with two attached hydrogens (primary N) is 2. The van der Waals surface area contributed by atoms with Crippen LogP contribution in [0, 0.1) is 0 Å². The van der Waals surface area contributed by atoms with Gasteiger partial charge in [0.15, 0.2) is 0 Å². The second-order valence-corrected chi connectivity index (χ2v) is 9.30. The van der Waals surface area contributed by atoms with Crippen molar-refractivity contribution in [2.24, 2.45) is 11.5 Å². The smallest absolute Gasteiger partial charge is 0.687 e. The van der Waals surface area contributed by atoms with Crippen LogP contribution in [0.5, 0.6) is 0 Å². The van der Waals surface area contributed by atoms with E-state index in [2.05, 4.69) is 23.7 Å². The van der Waals surface area contributed by atoms with Gasteiger partial charge in [0.1, 0.15) is 0 Å². The largest absolute Gasteiger partial charge is 1.00 e. The standard InChI is InChI=1S/CHIS.2CH5N.B28.B.K/c2-1-3;2*1-2;1-16(2)23(15)27(24(17(3)4)18(5)6)28(25(19(7)8)20(9)10)26(21(11)12)22(13)14;;/h1H;2*2H2,1H3;;;/q;;;-1;;+1. The normalized spacial score (nSPS) is 7.84. The second kappa shape index (κ2) is 31.7. The number of hydrogen-bond donors (Lipinski definition) is 2. The molecule has 34 heteroatoms. The van der Waals surface area contributed by atoms with Crippen LogP contribution in [0.25, 0.3) is 0 Å². The van der Waals surface area contributed by atoms with Crippen molar-refractivity contribution in [3.8, 4) is 0 Å². The van der Waals surface area contributed by atoms with Gasteiger partial charge in [0.25, 0.3) is 0 Å². The Morgan fingerprint density at radius 1 is 0.514 bits per heavy atom. The van der Waals surface area contributed by atoms with E-state index in [0.29, 0.717) is 0 Å². The summed E-state index contributed by atoms with van der Waals surface area (Å²) in [6.07, 6.45) is -12.2. The van der Waals surface area contributed by atoms with Crippen molar-refractivity contribution in [1.82, 2.24) is 0 Å². The third-order valence-corrected chi connectivity index (χ3v) is 5.33. The van der Waals surface area contributed by atoms with Crippen LogP contribution in [0.4, 0.5) is 0 Å². The van der Waals surface area contributed by atoms with E-state index in [4.69, 9.17) is 116 Å². The number of rotatable bonds is 12. The zero-order chi connectivity index (χ0) is 29.2. The number of hydrogen-bond acceptors (Lipinski definition) is 3. The number of thiocarbonyl (C=S) groups is 1. The third-order valence-electron chi connectivity index (χ3n) is 5.33. The van der Waals surface area contributed by atoms with Crippen molar-refractivity contribution in [3.05, 3.63) is 0 Å². The third kappa shape index (κ3) is 21.6. The molecule has 2 nitrogen and oxygen atoms in total. The Hall–Kier alpha value is 4.26. The van der Waals surface area contributed by atoms with Crippen molar-refractivity contribution in [2.45, 2.75) is 0 Å². The first-order chi connectivity index (χ1) is 16.1. The summed E-state index contributed by atoms with van der Waals surface area (Å²) in [6, 6.07) is 0. The summed E-state index contributed by atoms with van der Waals surface area (Å²) in [7, 11) is 92.6. The Bertz CT molecular complexity index is 438. The van der Waals surface area contributed by atoms with Gasteiger partial charge in [-0.05, 0) is 222 Å². The quantitative estimate of drug-likeness (QED) is 0.103. The minimum atomic E-state index is -1.03. The average molecular weight is 587 g/mol. The molecule has 0 aliphatic carbocycles. The van der Waals surface area contributed by atoms with Gasteiger partial charge >= 0.3 is 51.4 Å². The maximum absolute atomic E-state index is 6.32. The fraction of sp³-hybridized carbons (Fsp3) is 0.667. The molecule has 0 rings (SSSR count). The molecule has 134 valence electrons. The van der Waals surface area contributed by atoms with Crippen LogP contribution < -0.4 is 62.9 Å². The van der Waals surface area contributed by atoms with Gasteiger partial charge in [-0.1, -0.05) is 12.2 Å². The van der Waals surface area contributed by atoms with E-state index < -0.39 is 83.0 Å². The minimum absolute atomic E-state index is 0. The van der Waals surface area contributed by atoms with Crippen molar-refractivity contribution in [3.63, 3.8) is 0 Å². The number of halogens is 1. The maximum atomic E-state index is 6.32. The molecule has 0 atom stereocenters. The van der Waals surface area contributed by atoms with Gasteiger partial charge in [0, 0.05) is 11.8 Å². The summed E-state index contributed by atoms with van der Waals surface area (Å²) in [4.78, 5) is 0. The molecule has 0 saturated heterocycles. The van der Waals surface area contributed by atoms with Crippen molar-refractivity contribution >= 4 is 246 Å². The summed E-state index contributed by atoms with van der Waals surface area (Å²) < 4.78 is 1.55. The Balaban J connectivity index is -0.000000241. The van der Waals surface area contributed by atoms with Gasteiger partial charge in [0.2, 0.25) is 0 Å². The first kappa shape index (κ1) is 53.8. The van der Waals surface area contributed by atoms with Gasteiger partial charge < -0.3 is 19.2 Å². The molecule has 0 spiro atoms. The van der Waals surface area contributed by atoms with Crippen LogP contribution in [-0.2, 0) is 0 Å². The molecule has 4 N–H and O–H groups in total. The first-order valence-corrected chi connectivity index (χ1v) is 12.3. The van der Waals surface area contributed by atoms with Crippen molar-refractivity contribution in [1.29, 1.82) is 0 Å². The van der Waals surface area contributed by atoms with E-state index in [-0.39, 0.29) is 59.8 Å². The molecule has 0 bridgehead atoms. The van der Waals surface area contributed by atoms with Crippen molar-refractivity contribution < 1.29 is 51.4 Å². The van der Waals surface area contributed by atoms with Gasteiger partial charge in [-0.3, -0.25) is 0 Å². The van der Waals surface area contributed by atoms with Gasteiger partial charge in [-0.15, -0.1) is 0 Å². The van der Waals surface area contributed by atoms with Gasteiger partial charge in [-0.2, -0.15) is 0 Å². The maximum Gasteiger partial charge on any atom is 1.00 e. The van der Waals surface area contributed by atoms with Crippen LogP contribution >= 0.6 is 34.8 Å². The molecular weight excluding hydrogens is 576 g/mol. The molecule has 0 unspecified atom stereocenters. The Morgan fingerprint density at radius 2 is 0.676 bits per heavy atom. The molecule has 0 aromatic carbocycles. The summed E-state index contributed by atoms with van der Waals surface area (Å²) >= 11 is 6.23. The molecule has 37 heavy (non-hydrogen) atoms. The summed E-state index contributed by atoms with van der Waals surface area (Å²) in [5, 5.41) is 0. The van der Waals surface area contributed by atoms with Gasteiger partial charge in [-0.25, -0.2) is 6.39 Å². The van der Waals surface area contributed by atoms with E-state index in [1.807, 2.05) is 22.6 Å². The SMILES string of the molecule is CN.CN.S=CI.[B].[B]B([B])B([B-])B(B(B([B])[B])B([B])[B])B(B(B([B])[B])B([B])[B])B(B([B])[B])B([B])[B].[K+]. The van der Waals surface area contributed by atoms with E-state index in [1.54, 1.807) is 3.37 Å². The van der Waals surface area contributed by atoms with Crippen molar-refractivity contribution in [2.75, 3.05) is 14.1 Å². The molecule has 0 aliphatic heterocycles. The second-order valence-electron chi connectivity index (χ2n) is 7.59. The summed E-state index contributed by atoms with van der Waals surface area (Å²) in [6.45, 7) is 0. The van der Waals surface area contributed by atoms with Gasteiger partial charge in [0.05, 0.1) is 0 Å². The fourth-order valence-electron chi connectivity index (χ4n) is 4.11. The van der Waals surface area contributed by atoms with Crippen LogP contribution in [-0.4, -0.2) is 225 Å². The molecule has 0 heterocycles. The summed E-state index contributed by atoms with van der Waals surface area (Å²) in [5.41, 5.74) is 9.00. The Labute approximate surface area is 318 Å².